The van der Waals surface area contributed by atoms with Crippen LogP contribution >= 0.6 is 12.6 Å². The minimum Gasteiger partial charge on any atom is -0.368 e. The van der Waals surface area contributed by atoms with Crippen molar-refractivity contribution in [2.75, 3.05) is 7.05 Å². The molecule has 1 aliphatic rings. The van der Waals surface area contributed by atoms with Gasteiger partial charge in [-0.15, -0.1) is 0 Å². The number of H-pyrrole nitrogens is 1. The zero-order chi connectivity index (χ0) is 31.9. The second kappa shape index (κ2) is 14.2. The van der Waals surface area contributed by atoms with Gasteiger partial charge in [0.1, 0.15) is 28.9 Å². The fraction of sp³-hybridized carbons (Fsp3) is 0.355. The predicted molar refractivity (Wildman–Crippen MR) is 170 cm³/mol. The number of aromatic amines is 1. The molecule has 1 unspecified atom stereocenters. The van der Waals surface area contributed by atoms with E-state index in [0.29, 0.717) is 0 Å². The summed E-state index contributed by atoms with van der Waals surface area (Å²) in [5.74, 6) is -3.54. The van der Waals surface area contributed by atoms with Crippen molar-refractivity contribution in [3.05, 3.63) is 71.9 Å². The maximum atomic E-state index is 13.7. The third-order valence-electron chi connectivity index (χ3n) is 7.59. The van der Waals surface area contributed by atoms with E-state index in [9.17, 15) is 24.0 Å². The third kappa shape index (κ3) is 7.64. The number of rotatable bonds is 7. The lowest BCUT2D eigenvalue weighted by molar-refractivity contribution is -0.135. The molecule has 1 saturated heterocycles. The molecule has 4 rings (SSSR count). The molecule has 232 valence electrons. The summed E-state index contributed by atoms with van der Waals surface area (Å²) in [5, 5.41) is 11.7. The van der Waals surface area contributed by atoms with Gasteiger partial charge in [-0.1, -0.05) is 55.5 Å². The number of benzene rings is 2. The Morgan fingerprint density at radius 1 is 0.909 bits per heavy atom. The molecule has 1 aromatic heterocycles. The number of hydrogen-bond acceptors (Lipinski definition) is 7. The zero-order valence-electron chi connectivity index (χ0n) is 24.5. The standard InChI is InChI=1S/C31H37N7O5S/c1-3-21-27(40)36-24(14-19-16-34-22-12-8-7-11-20(19)22)29(42)37-25(26(32)39)15-31(44,17-33-2)30(43)38-23(28(41)35-21)13-18-9-5-4-6-10-18/h4-12,16-17,21,23-25,34,44H,3,13-15H2,1-2H3,(H2,32,39)(H,35,41)(H,36,40)(H,37,42)(H,38,43)/b33-17-/t21-,23+,24-,25-,31?/m0/s1. The van der Waals surface area contributed by atoms with Crippen LogP contribution in [0.5, 0.6) is 0 Å². The van der Waals surface area contributed by atoms with Gasteiger partial charge in [-0.25, -0.2) is 0 Å². The average Bonchev–Trinajstić information content (AvgIpc) is 3.41. The molecule has 13 heteroatoms. The first-order valence-electron chi connectivity index (χ1n) is 14.3. The van der Waals surface area contributed by atoms with E-state index in [1.807, 2.05) is 42.5 Å². The van der Waals surface area contributed by atoms with Crippen molar-refractivity contribution in [1.82, 2.24) is 26.3 Å². The van der Waals surface area contributed by atoms with Crippen LogP contribution in [0.25, 0.3) is 10.9 Å². The minimum absolute atomic E-state index is 0.0665. The minimum atomic E-state index is -1.74. The molecule has 0 saturated carbocycles. The second-order valence-corrected chi connectivity index (χ2v) is 11.6. The number of carbonyl (C=O) groups excluding carboxylic acids is 5. The molecule has 44 heavy (non-hydrogen) atoms. The van der Waals surface area contributed by atoms with Crippen molar-refractivity contribution in [3.8, 4) is 0 Å². The van der Waals surface area contributed by atoms with E-state index in [1.165, 1.54) is 13.3 Å². The molecule has 0 bridgehead atoms. The van der Waals surface area contributed by atoms with Crippen LogP contribution in [0, 0.1) is 0 Å². The Hall–Kier alpha value is -4.65. The number of nitrogens with two attached hydrogens (primary N) is 1. The van der Waals surface area contributed by atoms with E-state index in [-0.39, 0.29) is 25.7 Å². The number of carbonyl (C=O) groups is 5. The van der Waals surface area contributed by atoms with E-state index in [4.69, 9.17) is 5.73 Å². The lowest BCUT2D eigenvalue weighted by Crippen LogP contribution is -2.62. The normalized spacial score (nSPS) is 25.5. The molecule has 2 aromatic carbocycles. The second-order valence-electron chi connectivity index (χ2n) is 10.8. The molecule has 3 aromatic rings. The van der Waals surface area contributed by atoms with Crippen LogP contribution in [0.4, 0.5) is 0 Å². The molecule has 0 spiro atoms. The number of nitrogens with one attached hydrogen (secondary N) is 5. The first-order chi connectivity index (χ1) is 21.0. The first-order valence-corrected chi connectivity index (χ1v) is 14.7. The highest BCUT2D eigenvalue weighted by Crippen LogP contribution is 2.23. The van der Waals surface area contributed by atoms with Crippen molar-refractivity contribution in [3.63, 3.8) is 0 Å². The van der Waals surface area contributed by atoms with Crippen LogP contribution in [0.15, 0.2) is 65.8 Å². The number of amides is 5. The molecule has 2 heterocycles. The average molecular weight is 620 g/mol. The Bertz CT molecular complexity index is 1560. The molecule has 0 radical (unpaired) electrons. The number of fused-ring (bicyclic) bond motifs is 1. The van der Waals surface area contributed by atoms with E-state index < -0.39 is 58.5 Å². The fourth-order valence-electron chi connectivity index (χ4n) is 5.19. The summed E-state index contributed by atoms with van der Waals surface area (Å²) in [5.41, 5.74) is 8.05. The van der Waals surface area contributed by atoms with Crippen molar-refractivity contribution in [2.24, 2.45) is 10.7 Å². The zero-order valence-corrected chi connectivity index (χ0v) is 25.4. The highest BCUT2D eigenvalue weighted by Gasteiger charge is 2.41. The van der Waals surface area contributed by atoms with Gasteiger partial charge in [-0.3, -0.25) is 29.0 Å². The van der Waals surface area contributed by atoms with E-state index in [0.717, 1.165) is 22.0 Å². The summed E-state index contributed by atoms with van der Waals surface area (Å²) in [7, 11) is 1.43. The van der Waals surface area contributed by atoms with Crippen LogP contribution in [0.2, 0.25) is 0 Å². The maximum Gasteiger partial charge on any atom is 0.243 e. The summed E-state index contributed by atoms with van der Waals surface area (Å²) in [6.45, 7) is 1.72. The number of hydrogen-bond donors (Lipinski definition) is 7. The van der Waals surface area contributed by atoms with Gasteiger partial charge in [0.15, 0.2) is 0 Å². The molecular formula is C31H37N7O5S. The largest absolute Gasteiger partial charge is 0.368 e. The van der Waals surface area contributed by atoms with Crippen LogP contribution in [-0.2, 0) is 36.8 Å². The van der Waals surface area contributed by atoms with Gasteiger partial charge in [0.2, 0.25) is 29.5 Å². The van der Waals surface area contributed by atoms with Crippen molar-refractivity contribution < 1.29 is 24.0 Å². The van der Waals surface area contributed by atoms with Crippen LogP contribution in [0.3, 0.4) is 0 Å². The Labute approximate surface area is 260 Å². The van der Waals surface area contributed by atoms with Gasteiger partial charge in [0.05, 0.1) is 0 Å². The van der Waals surface area contributed by atoms with E-state index in [1.54, 1.807) is 25.3 Å². The van der Waals surface area contributed by atoms with Crippen LogP contribution < -0.4 is 27.0 Å². The number of aromatic nitrogens is 1. The van der Waals surface area contributed by atoms with Gasteiger partial charge in [0, 0.05) is 49.6 Å². The monoisotopic (exact) mass is 619 g/mol. The molecule has 5 amide bonds. The Kier molecular flexibility index (Phi) is 10.4. The van der Waals surface area contributed by atoms with Gasteiger partial charge in [-0.05, 0) is 23.6 Å². The van der Waals surface area contributed by atoms with Crippen LogP contribution in [0.1, 0.15) is 30.9 Å². The van der Waals surface area contributed by atoms with Crippen molar-refractivity contribution in [2.45, 2.75) is 61.5 Å². The smallest absolute Gasteiger partial charge is 0.243 e. The van der Waals surface area contributed by atoms with Crippen molar-refractivity contribution in [1.29, 1.82) is 0 Å². The molecule has 1 fully saturated rings. The molecule has 7 N–H and O–H groups in total. The Morgan fingerprint density at radius 3 is 2.20 bits per heavy atom. The SMILES string of the molecule is CC[C@@H]1NC(=O)[C@@H](Cc2ccccc2)NC(=O)C(S)(/C=N\C)C[C@@H](C(N)=O)NC(=O)[C@H](Cc2c[nH]c3ccccc23)NC1=O. The quantitative estimate of drug-likeness (QED) is 0.150. The van der Waals surface area contributed by atoms with Gasteiger partial charge >= 0.3 is 0 Å². The van der Waals surface area contributed by atoms with Crippen LogP contribution in [-0.4, -0.2) is 76.7 Å². The van der Waals surface area contributed by atoms with Gasteiger partial charge < -0.3 is 32.0 Å². The fourth-order valence-corrected chi connectivity index (χ4v) is 5.56. The number of primary amides is 1. The predicted octanol–water partition coefficient (Wildman–Crippen LogP) is 0.561. The highest BCUT2D eigenvalue weighted by atomic mass is 32.1. The summed E-state index contributed by atoms with van der Waals surface area (Å²) < 4.78 is -1.74. The number of thiol groups is 1. The number of aliphatic imine (C=N–C) groups is 1. The third-order valence-corrected chi connectivity index (χ3v) is 8.09. The molecule has 5 atom stereocenters. The Balaban J connectivity index is 1.74. The summed E-state index contributed by atoms with van der Waals surface area (Å²) >= 11 is 4.57. The molecule has 12 nitrogen and oxygen atoms in total. The maximum absolute atomic E-state index is 13.7. The molecule has 1 aliphatic heterocycles. The van der Waals surface area contributed by atoms with Gasteiger partial charge in [0.25, 0.3) is 0 Å². The van der Waals surface area contributed by atoms with E-state index in [2.05, 4.69) is 43.9 Å². The Morgan fingerprint density at radius 2 is 1.52 bits per heavy atom. The summed E-state index contributed by atoms with van der Waals surface area (Å²) in [4.78, 5) is 74.2. The lowest BCUT2D eigenvalue weighted by Gasteiger charge is -2.32. The highest BCUT2D eigenvalue weighted by molar-refractivity contribution is 7.83. The first kappa shape index (κ1) is 32.3. The van der Waals surface area contributed by atoms with Crippen molar-refractivity contribution >= 4 is 59.3 Å². The summed E-state index contributed by atoms with van der Waals surface area (Å²) in [6, 6.07) is 11.9. The molecular weight excluding hydrogens is 582 g/mol. The number of nitrogens with zero attached hydrogens (tertiary/aromatic N) is 1. The number of para-hydroxylation sites is 1. The topological polar surface area (TPSA) is 188 Å². The van der Waals surface area contributed by atoms with E-state index >= 15 is 0 Å². The summed E-state index contributed by atoms with van der Waals surface area (Å²) in [6.07, 6.45) is 2.99. The lowest BCUT2D eigenvalue weighted by atomic mass is 9.95. The van der Waals surface area contributed by atoms with Gasteiger partial charge in [-0.2, -0.15) is 12.6 Å². The molecule has 0 aliphatic carbocycles.